The normalized spacial score (nSPS) is 12.5. The van der Waals surface area contributed by atoms with E-state index in [9.17, 15) is 4.79 Å². The Labute approximate surface area is 171 Å². The third-order valence-electron chi connectivity index (χ3n) is 4.52. The molecule has 1 aromatic heterocycles. The maximum Gasteiger partial charge on any atom is 0.227 e. The molecule has 0 saturated heterocycles. The third kappa shape index (κ3) is 6.96. The van der Waals surface area contributed by atoms with Crippen molar-refractivity contribution in [1.29, 1.82) is 0 Å². The Bertz CT molecular complexity index is 787. The molecule has 0 aliphatic carbocycles. The summed E-state index contributed by atoms with van der Waals surface area (Å²) in [5.41, 5.74) is 1.90. The highest BCUT2D eigenvalue weighted by Gasteiger charge is 2.10. The van der Waals surface area contributed by atoms with Gasteiger partial charge in [-0.15, -0.1) is 11.3 Å². The second kappa shape index (κ2) is 11.4. The maximum atomic E-state index is 12.1. The van der Waals surface area contributed by atoms with Gasteiger partial charge in [-0.25, -0.2) is 4.98 Å². The highest BCUT2D eigenvalue weighted by molar-refractivity contribution is 7.11. The number of aromatic nitrogens is 1. The molecule has 152 valence electrons. The quantitative estimate of drug-likeness (QED) is 0.443. The van der Waals surface area contributed by atoms with E-state index in [1.807, 2.05) is 44.3 Å². The molecular weight excluding hydrogens is 370 g/mol. The Hall–Kier alpha value is -2.41. The summed E-state index contributed by atoms with van der Waals surface area (Å²) in [5, 5.41) is 10.8. The molecule has 0 fully saturated rings. The summed E-state index contributed by atoms with van der Waals surface area (Å²) < 4.78 is 0. The van der Waals surface area contributed by atoms with Crippen molar-refractivity contribution in [2.75, 3.05) is 18.9 Å². The monoisotopic (exact) mass is 401 g/mol. The smallest absolute Gasteiger partial charge is 0.227 e. The lowest BCUT2D eigenvalue weighted by Gasteiger charge is -2.13. The molecule has 7 heteroatoms. The van der Waals surface area contributed by atoms with Crippen molar-refractivity contribution in [2.45, 2.75) is 46.6 Å². The maximum absolute atomic E-state index is 12.1. The van der Waals surface area contributed by atoms with Gasteiger partial charge in [-0.2, -0.15) is 0 Å². The Morgan fingerprint density at radius 1 is 1.29 bits per heavy atom. The van der Waals surface area contributed by atoms with Gasteiger partial charge in [0.2, 0.25) is 5.91 Å². The molecule has 1 amide bonds. The molecule has 6 nitrogen and oxygen atoms in total. The summed E-state index contributed by atoms with van der Waals surface area (Å²) in [7, 11) is 1.76. The van der Waals surface area contributed by atoms with Gasteiger partial charge >= 0.3 is 0 Å². The fourth-order valence-corrected chi connectivity index (χ4v) is 3.39. The van der Waals surface area contributed by atoms with Crippen molar-refractivity contribution in [1.82, 2.24) is 15.6 Å². The lowest BCUT2D eigenvalue weighted by molar-refractivity contribution is -0.119. The number of amides is 1. The molecule has 1 atom stereocenters. The molecule has 2 rings (SSSR count). The van der Waals surface area contributed by atoms with Gasteiger partial charge in [0.25, 0.3) is 0 Å². The number of anilines is 1. The molecule has 0 saturated carbocycles. The van der Waals surface area contributed by atoms with Gasteiger partial charge in [0, 0.05) is 49.2 Å². The molecule has 2 aromatic rings. The number of guanidine groups is 1. The first kappa shape index (κ1) is 21.9. The van der Waals surface area contributed by atoms with Crippen LogP contribution in [0, 0.1) is 5.92 Å². The van der Waals surface area contributed by atoms with Crippen LogP contribution in [0.3, 0.4) is 0 Å². The van der Waals surface area contributed by atoms with Gasteiger partial charge in [0.15, 0.2) is 5.96 Å². The first-order valence-electron chi connectivity index (χ1n) is 9.83. The third-order valence-corrected chi connectivity index (χ3v) is 5.72. The van der Waals surface area contributed by atoms with Gasteiger partial charge in [-0.1, -0.05) is 32.9 Å². The standard InChI is InChI=1S/C21H31N5OS/c1-5-15(3)20(27)26-17-9-7-8-16(12-17)13-25-21(22-4)23-11-10-19-24-14-18(6-2)28-19/h7-9,12,14-15H,5-6,10-11,13H2,1-4H3,(H,26,27)(H2,22,23,25). The number of thiazole rings is 1. The van der Waals surface area contributed by atoms with Crippen molar-refractivity contribution in [3.05, 3.63) is 45.9 Å². The summed E-state index contributed by atoms with van der Waals surface area (Å²) in [6.45, 7) is 7.50. The van der Waals surface area contributed by atoms with E-state index in [2.05, 4.69) is 32.9 Å². The van der Waals surface area contributed by atoms with Crippen LogP contribution in [-0.2, 0) is 24.2 Å². The zero-order chi connectivity index (χ0) is 20.4. The number of nitrogens with one attached hydrogen (secondary N) is 3. The largest absolute Gasteiger partial charge is 0.356 e. The average Bonchev–Trinajstić information content (AvgIpc) is 3.18. The number of carbonyl (C=O) groups is 1. The van der Waals surface area contributed by atoms with E-state index in [4.69, 9.17) is 0 Å². The summed E-state index contributed by atoms with van der Waals surface area (Å²) >= 11 is 1.77. The van der Waals surface area contributed by atoms with Gasteiger partial charge in [-0.3, -0.25) is 9.79 Å². The molecule has 0 radical (unpaired) electrons. The van der Waals surface area contributed by atoms with Crippen molar-refractivity contribution in [2.24, 2.45) is 10.9 Å². The lowest BCUT2D eigenvalue weighted by Crippen LogP contribution is -2.37. The van der Waals surface area contributed by atoms with E-state index in [0.717, 1.165) is 48.0 Å². The van der Waals surface area contributed by atoms with Crippen LogP contribution in [0.4, 0.5) is 5.69 Å². The summed E-state index contributed by atoms with van der Waals surface area (Å²) in [4.78, 5) is 22.1. The van der Waals surface area contributed by atoms with Crippen LogP contribution < -0.4 is 16.0 Å². The van der Waals surface area contributed by atoms with Crippen LogP contribution in [0.25, 0.3) is 0 Å². The number of aliphatic imine (C=N–C) groups is 1. The van der Waals surface area contributed by atoms with Gasteiger partial charge in [0.1, 0.15) is 0 Å². The minimum absolute atomic E-state index is 0.0102. The first-order chi connectivity index (χ1) is 13.5. The van der Waals surface area contributed by atoms with Crippen LogP contribution in [0.1, 0.15) is 42.6 Å². The number of hydrogen-bond acceptors (Lipinski definition) is 4. The van der Waals surface area contributed by atoms with Crippen molar-refractivity contribution >= 4 is 28.9 Å². The van der Waals surface area contributed by atoms with Crippen LogP contribution in [0.15, 0.2) is 35.5 Å². The fourth-order valence-electron chi connectivity index (χ4n) is 2.53. The van der Waals surface area contributed by atoms with Gasteiger partial charge < -0.3 is 16.0 Å². The predicted molar refractivity (Wildman–Crippen MR) is 118 cm³/mol. The molecule has 1 aromatic carbocycles. The zero-order valence-corrected chi connectivity index (χ0v) is 18.0. The van der Waals surface area contributed by atoms with Crippen molar-refractivity contribution in [3.8, 4) is 0 Å². The molecule has 0 bridgehead atoms. The highest BCUT2D eigenvalue weighted by Crippen LogP contribution is 2.14. The Morgan fingerprint density at radius 2 is 2.11 bits per heavy atom. The molecule has 3 N–H and O–H groups in total. The summed E-state index contributed by atoms with van der Waals surface area (Å²) in [5.74, 6) is 0.816. The Morgan fingerprint density at radius 3 is 2.79 bits per heavy atom. The second-order valence-electron chi connectivity index (χ2n) is 6.68. The molecule has 0 aliphatic heterocycles. The number of carbonyl (C=O) groups excluding carboxylic acids is 1. The van der Waals surface area contributed by atoms with E-state index in [0.29, 0.717) is 6.54 Å². The number of aryl methyl sites for hydroxylation is 1. The fraction of sp³-hybridized carbons (Fsp3) is 0.476. The predicted octanol–water partition coefficient (Wildman–Crippen LogP) is 3.60. The highest BCUT2D eigenvalue weighted by atomic mass is 32.1. The number of rotatable bonds is 9. The molecular formula is C21H31N5OS. The van der Waals surface area contributed by atoms with E-state index in [1.54, 1.807) is 18.4 Å². The topological polar surface area (TPSA) is 78.4 Å². The Balaban J connectivity index is 1.80. The second-order valence-corrected chi connectivity index (χ2v) is 7.88. The van der Waals surface area contributed by atoms with E-state index in [-0.39, 0.29) is 11.8 Å². The van der Waals surface area contributed by atoms with Crippen molar-refractivity contribution in [3.63, 3.8) is 0 Å². The number of hydrogen-bond donors (Lipinski definition) is 3. The van der Waals surface area contributed by atoms with Crippen LogP contribution in [0.5, 0.6) is 0 Å². The van der Waals surface area contributed by atoms with Crippen molar-refractivity contribution < 1.29 is 4.79 Å². The minimum atomic E-state index is 0.0102. The first-order valence-corrected chi connectivity index (χ1v) is 10.6. The van der Waals surface area contributed by atoms with Crippen LogP contribution >= 0.6 is 11.3 Å². The Kier molecular flexibility index (Phi) is 8.94. The van der Waals surface area contributed by atoms with E-state index < -0.39 is 0 Å². The number of benzene rings is 1. The van der Waals surface area contributed by atoms with Crippen LogP contribution in [0.2, 0.25) is 0 Å². The molecule has 1 heterocycles. The van der Waals surface area contributed by atoms with E-state index >= 15 is 0 Å². The minimum Gasteiger partial charge on any atom is -0.356 e. The summed E-state index contributed by atoms with van der Waals surface area (Å²) in [6.07, 6.45) is 4.70. The lowest BCUT2D eigenvalue weighted by atomic mass is 10.1. The zero-order valence-electron chi connectivity index (χ0n) is 17.2. The SMILES string of the molecule is CCc1cnc(CCNC(=NC)NCc2cccc(NC(=O)C(C)CC)c2)s1. The van der Waals surface area contributed by atoms with Gasteiger partial charge in [-0.05, 0) is 30.5 Å². The number of nitrogens with zero attached hydrogens (tertiary/aromatic N) is 2. The molecule has 28 heavy (non-hydrogen) atoms. The average molecular weight is 402 g/mol. The van der Waals surface area contributed by atoms with Gasteiger partial charge in [0.05, 0.1) is 5.01 Å². The van der Waals surface area contributed by atoms with E-state index in [1.165, 1.54) is 4.88 Å². The van der Waals surface area contributed by atoms with Crippen LogP contribution in [-0.4, -0.2) is 30.4 Å². The molecule has 0 spiro atoms. The molecule has 0 aliphatic rings. The summed E-state index contributed by atoms with van der Waals surface area (Å²) in [6, 6.07) is 7.88. The molecule has 1 unspecified atom stereocenters.